The molecule has 136 valence electrons. The Kier molecular flexibility index (Phi) is 8.70. The molecule has 0 aliphatic carbocycles. The first kappa shape index (κ1) is 20.1. The lowest BCUT2D eigenvalue weighted by Gasteiger charge is -2.18. The normalized spacial score (nSPS) is 10.0. The minimum Gasteiger partial charge on any atom is -0.466 e. The van der Waals surface area contributed by atoms with Gasteiger partial charge >= 0.3 is 23.9 Å². The van der Waals surface area contributed by atoms with Crippen molar-refractivity contribution in [2.75, 3.05) is 13.2 Å². The van der Waals surface area contributed by atoms with Crippen molar-refractivity contribution in [3.63, 3.8) is 0 Å². The second kappa shape index (κ2) is 10.8. The van der Waals surface area contributed by atoms with E-state index in [4.69, 9.17) is 9.47 Å². The third-order valence-corrected chi connectivity index (χ3v) is 2.74. The summed E-state index contributed by atoms with van der Waals surface area (Å²) >= 11 is 0. The number of benzene rings is 1. The zero-order chi connectivity index (χ0) is 18.7. The van der Waals surface area contributed by atoms with E-state index in [9.17, 15) is 19.2 Å². The molecule has 0 aliphatic heterocycles. The maximum absolute atomic E-state index is 11.8. The first-order valence-corrected chi connectivity index (χ1v) is 7.71. The van der Waals surface area contributed by atoms with Gasteiger partial charge in [-0.3, -0.25) is 19.2 Å². The van der Waals surface area contributed by atoms with E-state index in [1.54, 1.807) is 44.2 Å². The van der Waals surface area contributed by atoms with Crippen LogP contribution in [0.3, 0.4) is 0 Å². The third kappa shape index (κ3) is 7.96. The highest BCUT2D eigenvalue weighted by Gasteiger charge is 2.24. The van der Waals surface area contributed by atoms with Crippen molar-refractivity contribution in [1.82, 2.24) is 0 Å². The second-order valence-electron chi connectivity index (χ2n) is 4.69. The van der Waals surface area contributed by atoms with Gasteiger partial charge in [-0.15, -0.1) is 0 Å². The van der Waals surface area contributed by atoms with Crippen LogP contribution < -0.4 is 0 Å². The summed E-state index contributed by atoms with van der Waals surface area (Å²) in [5.74, 6) is -3.35. The average Bonchev–Trinajstić information content (AvgIpc) is 2.55. The minimum absolute atomic E-state index is 0.128. The van der Waals surface area contributed by atoms with E-state index in [1.807, 2.05) is 0 Å². The molecule has 0 saturated carbocycles. The Morgan fingerprint density at radius 2 is 1.20 bits per heavy atom. The zero-order valence-corrected chi connectivity index (χ0v) is 14.1. The number of esters is 4. The number of carbonyl (C=O) groups excluding carboxylic acids is 4. The maximum Gasteiger partial charge on any atom is 0.320 e. The fourth-order valence-electron chi connectivity index (χ4n) is 1.75. The molecule has 0 fully saturated rings. The third-order valence-electron chi connectivity index (χ3n) is 2.74. The molecule has 0 saturated heterocycles. The summed E-state index contributed by atoms with van der Waals surface area (Å²) in [6.07, 6.45) is -2.62. The number of hydrogen-bond acceptors (Lipinski definition) is 8. The lowest BCUT2D eigenvalue weighted by atomic mass is 10.2. The molecule has 0 radical (unpaired) electrons. The minimum atomic E-state index is -1.38. The van der Waals surface area contributed by atoms with Crippen molar-refractivity contribution in [2.24, 2.45) is 0 Å². The standard InChI is InChI=1S/C17H20O8/c1-3-22-13(18)10-15(20)24-17(12-8-6-5-7-9-12)25-16(21)11-14(19)23-4-2/h5-9,17H,3-4,10-11H2,1-2H3. The Balaban J connectivity index is 2.74. The lowest BCUT2D eigenvalue weighted by Crippen LogP contribution is -2.22. The number of carbonyl (C=O) groups is 4. The highest BCUT2D eigenvalue weighted by Crippen LogP contribution is 2.20. The van der Waals surface area contributed by atoms with Gasteiger partial charge in [0.15, 0.2) is 0 Å². The van der Waals surface area contributed by atoms with Crippen molar-refractivity contribution < 1.29 is 38.1 Å². The summed E-state index contributed by atoms with van der Waals surface area (Å²) < 4.78 is 19.4. The molecular formula is C17H20O8. The molecule has 0 heterocycles. The number of ether oxygens (including phenoxy) is 4. The lowest BCUT2D eigenvalue weighted by molar-refractivity contribution is -0.191. The summed E-state index contributed by atoms with van der Waals surface area (Å²) in [4.78, 5) is 46.3. The summed E-state index contributed by atoms with van der Waals surface area (Å²) in [7, 11) is 0. The Labute approximate surface area is 145 Å². The molecule has 0 amide bonds. The van der Waals surface area contributed by atoms with Crippen LogP contribution in [0.25, 0.3) is 0 Å². The van der Waals surface area contributed by atoms with Gasteiger partial charge < -0.3 is 18.9 Å². The molecule has 25 heavy (non-hydrogen) atoms. The van der Waals surface area contributed by atoms with E-state index in [1.165, 1.54) is 0 Å². The van der Waals surface area contributed by atoms with Gasteiger partial charge in [0.05, 0.1) is 13.2 Å². The first-order chi connectivity index (χ1) is 12.0. The van der Waals surface area contributed by atoms with Crippen molar-refractivity contribution in [1.29, 1.82) is 0 Å². The predicted molar refractivity (Wildman–Crippen MR) is 83.9 cm³/mol. The Morgan fingerprint density at radius 3 is 1.60 bits per heavy atom. The van der Waals surface area contributed by atoms with Crippen LogP contribution in [0.4, 0.5) is 0 Å². The van der Waals surface area contributed by atoms with E-state index in [0.29, 0.717) is 5.56 Å². The van der Waals surface area contributed by atoms with Crippen molar-refractivity contribution >= 4 is 23.9 Å². The van der Waals surface area contributed by atoms with Gasteiger partial charge in [0.2, 0.25) is 0 Å². The van der Waals surface area contributed by atoms with Gasteiger partial charge in [0, 0.05) is 5.56 Å². The van der Waals surface area contributed by atoms with E-state index in [0.717, 1.165) is 0 Å². The average molecular weight is 352 g/mol. The Hall–Kier alpha value is -2.90. The molecule has 0 spiro atoms. The molecule has 1 aromatic rings. The van der Waals surface area contributed by atoms with Crippen LogP contribution >= 0.6 is 0 Å². The predicted octanol–water partition coefficient (Wildman–Crippen LogP) is 1.68. The zero-order valence-electron chi connectivity index (χ0n) is 14.1. The van der Waals surface area contributed by atoms with Crippen LogP contribution in [0.15, 0.2) is 30.3 Å². The SMILES string of the molecule is CCOC(=O)CC(=O)OC(OC(=O)CC(=O)OCC)c1ccccc1. The van der Waals surface area contributed by atoms with Gasteiger partial charge in [-0.25, -0.2) is 0 Å². The van der Waals surface area contributed by atoms with Crippen LogP contribution in [0, 0.1) is 0 Å². The monoisotopic (exact) mass is 352 g/mol. The highest BCUT2D eigenvalue weighted by atomic mass is 16.7. The molecule has 8 heteroatoms. The molecule has 0 aliphatic rings. The fourth-order valence-corrected chi connectivity index (χ4v) is 1.75. The van der Waals surface area contributed by atoms with Gasteiger partial charge in [0.25, 0.3) is 6.29 Å². The Morgan fingerprint density at radius 1 is 0.760 bits per heavy atom. The van der Waals surface area contributed by atoms with E-state index < -0.39 is 43.0 Å². The summed E-state index contributed by atoms with van der Waals surface area (Å²) in [6.45, 7) is 3.46. The summed E-state index contributed by atoms with van der Waals surface area (Å²) in [6, 6.07) is 8.17. The molecule has 1 rings (SSSR count). The first-order valence-electron chi connectivity index (χ1n) is 7.71. The molecule has 0 N–H and O–H groups in total. The van der Waals surface area contributed by atoms with Crippen LogP contribution in [0.5, 0.6) is 0 Å². The number of hydrogen-bond donors (Lipinski definition) is 0. The summed E-state index contributed by atoms with van der Waals surface area (Å²) in [5.41, 5.74) is 0.372. The smallest absolute Gasteiger partial charge is 0.320 e. The fraction of sp³-hybridized carbons (Fsp3) is 0.412. The van der Waals surface area contributed by atoms with Crippen LogP contribution in [0.1, 0.15) is 38.5 Å². The number of rotatable bonds is 9. The Bertz CT molecular complexity index is 562. The molecule has 1 aromatic carbocycles. The van der Waals surface area contributed by atoms with Gasteiger partial charge in [-0.1, -0.05) is 30.3 Å². The summed E-state index contributed by atoms with van der Waals surface area (Å²) in [5, 5.41) is 0. The topological polar surface area (TPSA) is 105 Å². The van der Waals surface area contributed by atoms with Crippen molar-refractivity contribution in [2.45, 2.75) is 33.0 Å². The largest absolute Gasteiger partial charge is 0.466 e. The van der Waals surface area contributed by atoms with E-state index in [2.05, 4.69) is 9.47 Å². The van der Waals surface area contributed by atoms with Gasteiger partial charge in [-0.2, -0.15) is 0 Å². The van der Waals surface area contributed by atoms with Crippen LogP contribution in [0.2, 0.25) is 0 Å². The molecule has 0 bridgehead atoms. The second-order valence-corrected chi connectivity index (χ2v) is 4.69. The quantitative estimate of drug-likeness (QED) is 0.286. The van der Waals surface area contributed by atoms with Crippen LogP contribution in [-0.4, -0.2) is 37.1 Å². The molecule has 0 atom stereocenters. The van der Waals surface area contributed by atoms with Crippen molar-refractivity contribution in [3.05, 3.63) is 35.9 Å². The van der Waals surface area contributed by atoms with Gasteiger partial charge in [0.1, 0.15) is 12.8 Å². The maximum atomic E-state index is 11.8. The van der Waals surface area contributed by atoms with E-state index in [-0.39, 0.29) is 13.2 Å². The molecular weight excluding hydrogens is 332 g/mol. The molecule has 0 unspecified atom stereocenters. The highest BCUT2D eigenvalue weighted by molar-refractivity contribution is 5.92. The molecule has 0 aromatic heterocycles. The van der Waals surface area contributed by atoms with Gasteiger partial charge in [-0.05, 0) is 13.8 Å². The molecule has 8 nitrogen and oxygen atoms in total. The van der Waals surface area contributed by atoms with Crippen molar-refractivity contribution in [3.8, 4) is 0 Å². The van der Waals surface area contributed by atoms with Crippen LogP contribution in [-0.2, 0) is 38.1 Å². The van der Waals surface area contributed by atoms with E-state index >= 15 is 0 Å².